The Kier molecular flexibility index (Phi) is 3.29. The van der Waals surface area contributed by atoms with Crippen molar-refractivity contribution < 1.29 is 0 Å². The molecule has 0 aliphatic rings. The minimum Gasteiger partial charge on any atom is -0.336 e. The van der Waals surface area contributed by atoms with Crippen molar-refractivity contribution in [3.05, 3.63) is 53.6 Å². The summed E-state index contributed by atoms with van der Waals surface area (Å²) in [4.78, 5) is 3.96. The summed E-state index contributed by atoms with van der Waals surface area (Å²) in [6.07, 6.45) is 5.36. The monoisotopic (exact) mass is 240 g/mol. The van der Waals surface area contributed by atoms with Gasteiger partial charge in [0.1, 0.15) is 0 Å². The molecule has 15 heavy (non-hydrogen) atoms. The zero-order valence-electron chi connectivity index (χ0n) is 7.98. The SMILES string of the molecule is Clc1ccccc1C(Cl)Cn1ccnc1. The predicted molar refractivity (Wildman–Crippen MR) is 62.3 cm³/mol. The van der Waals surface area contributed by atoms with Crippen LogP contribution in [0.2, 0.25) is 5.02 Å². The predicted octanol–water partition coefficient (Wildman–Crippen LogP) is 3.52. The zero-order valence-corrected chi connectivity index (χ0v) is 9.49. The first-order valence-corrected chi connectivity index (χ1v) is 5.43. The highest BCUT2D eigenvalue weighted by Crippen LogP contribution is 2.28. The highest BCUT2D eigenvalue weighted by atomic mass is 35.5. The molecule has 0 aliphatic heterocycles. The Morgan fingerprint density at radius 3 is 2.80 bits per heavy atom. The summed E-state index contributed by atoms with van der Waals surface area (Å²) in [6, 6.07) is 7.62. The van der Waals surface area contributed by atoms with Gasteiger partial charge in [-0.05, 0) is 11.6 Å². The molecule has 1 unspecified atom stereocenters. The molecule has 0 saturated carbocycles. The molecule has 1 aromatic carbocycles. The Hall–Kier alpha value is -0.990. The molecule has 0 amide bonds. The number of hydrogen-bond acceptors (Lipinski definition) is 1. The molecule has 0 spiro atoms. The van der Waals surface area contributed by atoms with Gasteiger partial charge in [-0.15, -0.1) is 11.6 Å². The van der Waals surface area contributed by atoms with Crippen LogP contribution in [0.1, 0.15) is 10.9 Å². The van der Waals surface area contributed by atoms with E-state index in [0.717, 1.165) is 5.56 Å². The Labute approximate surface area is 98.5 Å². The van der Waals surface area contributed by atoms with Crippen LogP contribution in [0.5, 0.6) is 0 Å². The molecule has 2 nitrogen and oxygen atoms in total. The lowest BCUT2D eigenvalue weighted by Gasteiger charge is -2.11. The lowest BCUT2D eigenvalue weighted by molar-refractivity contribution is 0.677. The Balaban J connectivity index is 2.15. The molecule has 0 bridgehead atoms. The fourth-order valence-electron chi connectivity index (χ4n) is 1.41. The van der Waals surface area contributed by atoms with Gasteiger partial charge in [-0.2, -0.15) is 0 Å². The number of alkyl halides is 1. The number of imidazole rings is 1. The van der Waals surface area contributed by atoms with Crippen LogP contribution < -0.4 is 0 Å². The number of aromatic nitrogens is 2. The van der Waals surface area contributed by atoms with Crippen LogP contribution >= 0.6 is 23.2 Å². The third-order valence-electron chi connectivity index (χ3n) is 2.17. The molecular weight excluding hydrogens is 231 g/mol. The van der Waals surface area contributed by atoms with Crippen LogP contribution in [0.4, 0.5) is 0 Å². The summed E-state index contributed by atoms with van der Waals surface area (Å²) < 4.78 is 1.93. The average molecular weight is 241 g/mol. The third kappa shape index (κ3) is 2.52. The second-order valence-corrected chi connectivity index (χ2v) is 4.18. The van der Waals surface area contributed by atoms with Gasteiger partial charge in [0.25, 0.3) is 0 Å². The normalized spacial score (nSPS) is 12.7. The van der Waals surface area contributed by atoms with Crippen molar-refractivity contribution in [2.45, 2.75) is 11.9 Å². The quantitative estimate of drug-likeness (QED) is 0.752. The summed E-state index contributed by atoms with van der Waals surface area (Å²) in [5.74, 6) is 0. The molecule has 0 fully saturated rings. The van der Waals surface area contributed by atoms with Gasteiger partial charge < -0.3 is 4.57 Å². The van der Waals surface area contributed by atoms with Gasteiger partial charge in [-0.3, -0.25) is 0 Å². The Bertz CT molecular complexity index is 426. The highest BCUT2D eigenvalue weighted by molar-refractivity contribution is 6.32. The van der Waals surface area contributed by atoms with E-state index >= 15 is 0 Å². The van der Waals surface area contributed by atoms with Crippen molar-refractivity contribution in [2.75, 3.05) is 0 Å². The van der Waals surface area contributed by atoms with E-state index in [-0.39, 0.29) is 5.38 Å². The molecule has 2 rings (SSSR count). The van der Waals surface area contributed by atoms with Gasteiger partial charge >= 0.3 is 0 Å². The topological polar surface area (TPSA) is 17.8 Å². The van der Waals surface area contributed by atoms with E-state index in [4.69, 9.17) is 23.2 Å². The minimum atomic E-state index is -0.132. The van der Waals surface area contributed by atoms with E-state index in [9.17, 15) is 0 Å². The first kappa shape index (κ1) is 10.5. The van der Waals surface area contributed by atoms with Crippen LogP contribution in [0.25, 0.3) is 0 Å². The molecule has 2 aromatic rings. The van der Waals surface area contributed by atoms with Crippen LogP contribution in [0.3, 0.4) is 0 Å². The van der Waals surface area contributed by atoms with E-state index in [2.05, 4.69) is 4.98 Å². The lowest BCUT2D eigenvalue weighted by atomic mass is 10.1. The van der Waals surface area contributed by atoms with E-state index < -0.39 is 0 Å². The number of halogens is 2. The van der Waals surface area contributed by atoms with Crippen LogP contribution in [-0.2, 0) is 6.54 Å². The molecule has 1 aromatic heterocycles. The van der Waals surface area contributed by atoms with Crippen LogP contribution in [0, 0.1) is 0 Å². The van der Waals surface area contributed by atoms with E-state index in [1.807, 2.05) is 35.0 Å². The van der Waals surface area contributed by atoms with Crippen molar-refractivity contribution in [2.24, 2.45) is 0 Å². The highest BCUT2D eigenvalue weighted by Gasteiger charge is 2.11. The number of nitrogens with zero attached hydrogens (tertiary/aromatic N) is 2. The summed E-state index contributed by atoms with van der Waals surface area (Å²) in [5.41, 5.74) is 0.953. The molecule has 0 N–H and O–H groups in total. The van der Waals surface area contributed by atoms with Gasteiger partial charge in [0.2, 0.25) is 0 Å². The first-order chi connectivity index (χ1) is 7.27. The summed E-state index contributed by atoms with van der Waals surface area (Å²) in [7, 11) is 0. The molecule has 1 atom stereocenters. The number of hydrogen-bond donors (Lipinski definition) is 0. The fraction of sp³-hybridized carbons (Fsp3) is 0.182. The van der Waals surface area contributed by atoms with Gasteiger partial charge in [0, 0.05) is 24.0 Å². The molecule has 0 saturated heterocycles. The van der Waals surface area contributed by atoms with Gasteiger partial charge in [-0.1, -0.05) is 29.8 Å². The largest absolute Gasteiger partial charge is 0.336 e. The van der Waals surface area contributed by atoms with Crippen molar-refractivity contribution >= 4 is 23.2 Å². The molecule has 1 heterocycles. The van der Waals surface area contributed by atoms with Crippen molar-refractivity contribution in [1.29, 1.82) is 0 Å². The Morgan fingerprint density at radius 2 is 2.13 bits per heavy atom. The maximum atomic E-state index is 6.27. The standard InChI is InChI=1S/C11H10Cl2N2/c12-10-4-2-1-3-9(10)11(13)7-15-6-5-14-8-15/h1-6,8,11H,7H2. The Morgan fingerprint density at radius 1 is 1.33 bits per heavy atom. The van der Waals surface area contributed by atoms with Gasteiger partial charge in [0.15, 0.2) is 0 Å². The fourth-order valence-corrected chi connectivity index (χ4v) is 2.08. The molecular formula is C11H10Cl2N2. The maximum absolute atomic E-state index is 6.27. The van der Waals surface area contributed by atoms with E-state index in [1.165, 1.54) is 0 Å². The van der Waals surface area contributed by atoms with Crippen molar-refractivity contribution in [3.63, 3.8) is 0 Å². The molecule has 0 radical (unpaired) electrons. The summed E-state index contributed by atoms with van der Waals surface area (Å²) in [6.45, 7) is 0.672. The van der Waals surface area contributed by atoms with Crippen molar-refractivity contribution in [1.82, 2.24) is 9.55 Å². The van der Waals surface area contributed by atoms with Crippen LogP contribution in [-0.4, -0.2) is 9.55 Å². The number of rotatable bonds is 3. The van der Waals surface area contributed by atoms with E-state index in [0.29, 0.717) is 11.6 Å². The van der Waals surface area contributed by atoms with Crippen molar-refractivity contribution in [3.8, 4) is 0 Å². The van der Waals surface area contributed by atoms with Gasteiger partial charge in [-0.25, -0.2) is 4.98 Å². The second-order valence-electron chi connectivity index (χ2n) is 3.25. The first-order valence-electron chi connectivity index (χ1n) is 4.61. The second kappa shape index (κ2) is 4.69. The smallest absolute Gasteiger partial charge is 0.0946 e. The average Bonchev–Trinajstić information content (AvgIpc) is 2.71. The molecule has 4 heteroatoms. The summed E-state index contributed by atoms with van der Waals surface area (Å²) >= 11 is 12.3. The number of benzene rings is 1. The lowest BCUT2D eigenvalue weighted by Crippen LogP contribution is -2.02. The minimum absolute atomic E-state index is 0.132. The molecule has 0 aliphatic carbocycles. The molecule has 78 valence electrons. The maximum Gasteiger partial charge on any atom is 0.0946 e. The van der Waals surface area contributed by atoms with E-state index in [1.54, 1.807) is 12.5 Å². The summed E-state index contributed by atoms with van der Waals surface area (Å²) in [5, 5.41) is 0.575. The van der Waals surface area contributed by atoms with Gasteiger partial charge in [0.05, 0.1) is 11.7 Å². The van der Waals surface area contributed by atoms with Crippen LogP contribution in [0.15, 0.2) is 43.0 Å². The zero-order chi connectivity index (χ0) is 10.7. The third-order valence-corrected chi connectivity index (χ3v) is 2.89.